The molecule has 0 aromatic heterocycles. The Bertz CT molecular complexity index is 720. The standard InChI is InChI=1S/C21H27N3O2/c1-15-19(17-10-4-3-5-11-17)23-24-20(15)21(25)22-14-8-12-16-9-6-7-13-18(16)26-2/h3-7,9-11,13,15,19-20,23-24H,8,12,14H2,1-2H3,(H,22,25). The molecule has 0 radical (unpaired) electrons. The molecule has 0 spiro atoms. The number of hydrogen-bond acceptors (Lipinski definition) is 4. The molecular weight excluding hydrogens is 326 g/mol. The van der Waals surface area contributed by atoms with E-state index in [0.29, 0.717) is 6.54 Å². The highest BCUT2D eigenvalue weighted by Gasteiger charge is 2.37. The van der Waals surface area contributed by atoms with E-state index < -0.39 is 0 Å². The molecule has 5 heteroatoms. The van der Waals surface area contributed by atoms with Gasteiger partial charge in [-0.05, 0) is 30.0 Å². The van der Waals surface area contributed by atoms with Crippen molar-refractivity contribution in [3.63, 3.8) is 0 Å². The fourth-order valence-corrected chi connectivity index (χ4v) is 3.50. The summed E-state index contributed by atoms with van der Waals surface area (Å²) in [5, 5.41) is 3.05. The number of hydrogen-bond donors (Lipinski definition) is 3. The van der Waals surface area contributed by atoms with E-state index in [9.17, 15) is 4.79 Å². The van der Waals surface area contributed by atoms with Crippen LogP contribution in [0.15, 0.2) is 54.6 Å². The summed E-state index contributed by atoms with van der Waals surface area (Å²) in [4.78, 5) is 12.5. The van der Waals surface area contributed by atoms with Gasteiger partial charge in [-0.25, -0.2) is 10.9 Å². The lowest BCUT2D eigenvalue weighted by Crippen LogP contribution is -2.45. The maximum Gasteiger partial charge on any atom is 0.238 e. The number of nitrogens with one attached hydrogen (secondary N) is 3. The first kappa shape index (κ1) is 18.4. The van der Waals surface area contributed by atoms with E-state index >= 15 is 0 Å². The Morgan fingerprint density at radius 1 is 1.08 bits per heavy atom. The minimum absolute atomic E-state index is 0.0449. The lowest BCUT2D eigenvalue weighted by atomic mass is 9.91. The molecule has 1 aliphatic heterocycles. The molecule has 1 amide bonds. The number of para-hydroxylation sites is 1. The summed E-state index contributed by atoms with van der Waals surface area (Å²) in [6, 6.07) is 18.1. The molecule has 3 N–H and O–H groups in total. The zero-order valence-electron chi connectivity index (χ0n) is 15.4. The highest BCUT2D eigenvalue weighted by molar-refractivity contribution is 5.82. The van der Waals surface area contributed by atoms with Crippen molar-refractivity contribution < 1.29 is 9.53 Å². The van der Waals surface area contributed by atoms with Gasteiger partial charge in [0.1, 0.15) is 11.8 Å². The Labute approximate surface area is 155 Å². The topological polar surface area (TPSA) is 62.4 Å². The van der Waals surface area contributed by atoms with Gasteiger partial charge >= 0.3 is 0 Å². The van der Waals surface area contributed by atoms with Gasteiger partial charge in [0.05, 0.1) is 13.2 Å². The van der Waals surface area contributed by atoms with Crippen LogP contribution < -0.4 is 20.9 Å². The van der Waals surface area contributed by atoms with Gasteiger partial charge in [-0.3, -0.25) is 4.79 Å². The summed E-state index contributed by atoms with van der Waals surface area (Å²) in [7, 11) is 1.68. The molecular formula is C21H27N3O2. The molecule has 1 saturated heterocycles. The van der Waals surface area contributed by atoms with Crippen LogP contribution in [0.4, 0.5) is 0 Å². The Morgan fingerprint density at radius 3 is 2.58 bits per heavy atom. The summed E-state index contributed by atoms with van der Waals surface area (Å²) in [6.45, 7) is 2.75. The Kier molecular flexibility index (Phi) is 6.26. The van der Waals surface area contributed by atoms with Crippen molar-refractivity contribution in [3.05, 3.63) is 65.7 Å². The highest BCUT2D eigenvalue weighted by Crippen LogP contribution is 2.28. The van der Waals surface area contributed by atoms with Crippen molar-refractivity contribution >= 4 is 5.91 Å². The van der Waals surface area contributed by atoms with E-state index in [2.05, 4.69) is 41.3 Å². The monoisotopic (exact) mass is 353 g/mol. The average Bonchev–Trinajstić information content (AvgIpc) is 3.07. The van der Waals surface area contributed by atoms with Crippen molar-refractivity contribution in [1.29, 1.82) is 0 Å². The predicted octanol–water partition coefficient (Wildman–Crippen LogP) is 2.60. The van der Waals surface area contributed by atoms with Crippen molar-refractivity contribution in [2.45, 2.75) is 31.8 Å². The van der Waals surface area contributed by atoms with Crippen LogP contribution in [0.1, 0.15) is 30.5 Å². The Hall–Kier alpha value is -2.37. The van der Waals surface area contributed by atoms with Crippen molar-refractivity contribution in [1.82, 2.24) is 16.2 Å². The summed E-state index contributed by atoms with van der Waals surface area (Å²) < 4.78 is 5.37. The van der Waals surface area contributed by atoms with Crippen LogP contribution in [0, 0.1) is 5.92 Å². The molecule has 1 fully saturated rings. The molecule has 0 aliphatic carbocycles. The molecule has 3 atom stereocenters. The fraction of sp³-hybridized carbons (Fsp3) is 0.381. The predicted molar refractivity (Wildman–Crippen MR) is 103 cm³/mol. The maximum atomic E-state index is 12.5. The minimum atomic E-state index is -0.230. The summed E-state index contributed by atoms with van der Waals surface area (Å²) in [6.07, 6.45) is 1.76. The van der Waals surface area contributed by atoms with Gasteiger partial charge in [0, 0.05) is 12.5 Å². The smallest absolute Gasteiger partial charge is 0.238 e. The van der Waals surface area contributed by atoms with Crippen LogP contribution in [-0.4, -0.2) is 25.6 Å². The fourth-order valence-electron chi connectivity index (χ4n) is 3.50. The van der Waals surface area contributed by atoms with Gasteiger partial charge < -0.3 is 10.1 Å². The Morgan fingerprint density at radius 2 is 1.81 bits per heavy atom. The molecule has 0 bridgehead atoms. The molecule has 2 aromatic carbocycles. The normalized spacial score (nSPS) is 22.2. The zero-order chi connectivity index (χ0) is 18.4. The first-order valence-corrected chi connectivity index (χ1v) is 9.16. The second-order valence-electron chi connectivity index (χ2n) is 6.72. The van der Waals surface area contributed by atoms with E-state index in [1.54, 1.807) is 7.11 Å². The van der Waals surface area contributed by atoms with Gasteiger partial charge in [0.25, 0.3) is 0 Å². The molecule has 2 aromatic rings. The van der Waals surface area contributed by atoms with E-state index in [4.69, 9.17) is 4.74 Å². The van der Waals surface area contributed by atoms with E-state index in [-0.39, 0.29) is 23.9 Å². The first-order chi connectivity index (χ1) is 12.7. The van der Waals surface area contributed by atoms with E-state index in [1.807, 2.05) is 36.4 Å². The van der Waals surface area contributed by atoms with Crippen molar-refractivity contribution in [2.24, 2.45) is 5.92 Å². The molecule has 5 nitrogen and oxygen atoms in total. The molecule has 1 aliphatic rings. The van der Waals surface area contributed by atoms with Gasteiger partial charge in [-0.15, -0.1) is 0 Å². The summed E-state index contributed by atoms with van der Waals surface area (Å²) in [5.41, 5.74) is 8.77. The van der Waals surface area contributed by atoms with Crippen molar-refractivity contribution in [3.8, 4) is 5.75 Å². The number of carbonyl (C=O) groups excluding carboxylic acids is 1. The van der Waals surface area contributed by atoms with E-state index in [1.165, 1.54) is 11.1 Å². The number of aryl methyl sites for hydroxylation is 1. The van der Waals surface area contributed by atoms with E-state index in [0.717, 1.165) is 18.6 Å². The lowest BCUT2D eigenvalue weighted by molar-refractivity contribution is -0.123. The Balaban J connectivity index is 1.47. The number of methoxy groups -OCH3 is 1. The van der Waals surface area contributed by atoms with Gasteiger partial charge in [0.2, 0.25) is 5.91 Å². The third-order valence-electron chi connectivity index (χ3n) is 5.00. The third-order valence-corrected chi connectivity index (χ3v) is 5.00. The molecule has 3 rings (SSSR count). The van der Waals surface area contributed by atoms with Crippen LogP contribution >= 0.6 is 0 Å². The zero-order valence-corrected chi connectivity index (χ0v) is 15.4. The maximum absolute atomic E-state index is 12.5. The number of benzene rings is 2. The second-order valence-corrected chi connectivity index (χ2v) is 6.72. The van der Waals surface area contributed by atoms with Crippen LogP contribution in [0.3, 0.4) is 0 Å². The third kappa shape index (κ3) is 4.23. The first-order valence-electron chi connectivity index (χ1n) is 9.16. The van der Waals surface area contributed by atoms with Crippen LogP contribution in [0.5, 0.6) is 5.75 Å². The molecule has 1 heterocycles. The van der Waals surface area contributed by atoms with Crippen LogP contribution in [0.25, 0.3) is 0 Å². The lowest BCUT2D eigenvalue weighted by Gasteiger charge is -2.18. The quantitative estimate of drug-likeness (QED) is 0.670. The summed E-state index contributed by atoms with van der Waals surface area (Å²) >= 11 is 0. The van der Waals surface area contributed by atoms with Gasteiger partial charge in [-0.1, -0.05) is 55.5 Å². The van der Waals surface area contributed by atoms with Crippen LogP contribution in [-0.2, 0) is 11.2 Å². The van der Waals surface area contributed by atoms with Crippen molar-refractivity contribution in [2.75, 3.05) is 13.7 Å². The number of rotatable bonds is 7. The average molecular weight is 353 g/mol. The second kappa shape index (κ2) is 8.83. The molecule has 138 valence electrons. The molecule has 26 heavy (non-hydrogen) atoms. The number of carbonyl (C=O) groups is 1. The number of amides is 1. The van der Waals surface area contributed by atoms with Gasteiger partial charge in [0.15, 0.2) is 0 Å². The highest BCUT2D eigenvalue weighted by atomic mass is 16.5. The largest absolute Gasteiger partial charge is 0.496 e. The minimum Gasteiger partial charge on any atom is -0.496 e. The van der Waals surface area contributed by atoms with Gasteiger partial charge in [-0.2, -0.15) is 0 Å². The number of hydrazine groups is 1. The SMILES string of the molecule is COc1ccccc1CCCNC(=O)C1NNC(c2ccccc2)C1C. The molecule has 0 saturated carbocycles. The summed E-state index contributed by atoms with van der Waals surface area (Å²) in [5.74, 6) is 1.12. The number of ether oxygens (including phenoxy) is 1. The molecule has 3 unspecified atom stereocenters. The van der Waals surface area contributed by atoms with Crippen LogP contribution in [0.2, 0.25) is 0 Å².